The normalized spacial score (nSPS) is 20.7. The van der Waals surface area contributed by atoms with Crippen molar-refractivity contribution >= 4 is 33.2 Å². The molecular weight excluding hydrogens is 508 g/mol. The first-order chi connectivity index (χ1) is 18.2. The largest absolute Gasteiger partial charge is 0.377 e. The van der Waals surface area contributed by atoms with Gasteiger partial charge in [0, 0.05) is 37.6 Å². The molecule has 1 atom stereocenters. The minimum absolute atomic E-state index is 0.0950. The monoisotopic (exact) mass is 538 g/mol. The van der Waals surface area contributed by atoms with E-state index < -0.39 is 20.6 Å². The van der Waals surface area contributed by atoms with Crippen LogP contribution < -0.4 is 15.5 Å². The standard InChI is InChI=1S/C25H30N8O4S/c1-16-15-37-10-9-33(16)22-11-20(25(7-8-25)38(35,36)19-4-5-19)29-23(31-22)17-3-6-21(26-12-17)30-24(34)28-18-13-27-32(2)14-18/h3,6,11-14,16,19H,4-5,7-10,15H2,1-2H3,(H2,26,28,30,34)/t16-/m0/s1. The summed E-state index contributed by atoms with van der Waals surface area (Å²) in [5.41, 5.74) is 1.75. The second-order valence-corrected chi connectivity index (χ2v) is 12.7. The number of pyridine rings is 1. The fraction of sp³-hybridized carbons (Fsp3) is 0.480. The summed E-state index contributed by atoms with van der Waals surface area (Å²) in [7, 11) is -1.56. The molecule has 2 aliphatic carbocycles. The smallest absolute Gasteiger partial charge is 0.324 e. The number of urea groups is 1. The van der Waals surface area contributed by atoms with E-state index in [1.54, 1.807) is 42.5 Å². The van der Waals surface area contributed by atoms with Gasteiger partial charge in [0.1, 0.15) is 16.4 Å². The quantitative estimate of drug-likeness (QED) is 0.464. The van der Waals surface area contributed by atoms with E-state index in [0.29, 0.717) is 67.0 Å². The van der Waals surface area contributed by atoms with E-state index in [9.17, 15) is 13.2 Å². The summed E-state index contributed by atoms with van der Waals surface area (Å²) >= 11 is 0. The molecule has 0 unspecified atom stereocenters. The molecule has 3 fully saturated rings. The van der Waals surface area contributed by atoms with Gasteiger partial charge in [-0.3, -0.25) is 10.00 Å². The third kappa shape index (κ3) is 4.60. The molecule has 3 aromatic heterocycles. The predicted molar refractivity (Wildman–Crippen MR) is 142 cm³/mol. The molecule has 4 heterocycles. The third-order valence-corrected chi connectivity index (χ3v) is 10.3. The lowest BCUT2D eigenvalue weighted by atomic mass is 10.2. The van der Waals surface area contributed by atoms with Crippen molar-refractivity contribution in [3.05, 3.63) is 42.5 Å². The zero-order valence-electron chi connectivity index (χ0n) is 21.3. The molecule has 2 amide bonds. The van der Waals surface area contributed by atoms with Crippen LogP contribution in [0.1, 0.15) is 38.3 Å². The van der Waals surface area contributed by atoms with Crippen LogP contribution in [0.4, 0.5) is 22.1 Å². The van der Waals surface area contributed by atoms with Crippen molar-refractivity contribution in [2.45, 2.75) is 48.6 Å². The molecule has 0 aromatic carbocycles. The summed E-state index contributed by atoms with van der Waals surface area (Å²) < 4.78 is 33.1. The van der Waals surface area contributed by atoms with Crippen molar-refractivity contribution < 1.29 is 17.9 Å². The molecule has 1 saturated heterocycles. The second kappa shape index (κ2) is 9.31. The second-order valence-electron chi connectivity index (χ2n) is 10.2. The zero-order valence-corrected chi connectivity index (χ0v) is 22.1. The molecule has 38 heavy (non-hydrogen) atoms. The van der Waals surface area contributed by atoms with Crippen molar-refractivity contribution in [1.82, 2.24) is 24.7 Å². The number of amides is 2. The molecule has 200 valence electrons. The Morgan fingerprint density at radius 2 is 1.97 bits per heavy atom. The highest BCUT2D eigenvalue weighted by Gasteiger charge is 2.61. The molecule has 2 N–H and O–H groups in total. The highest BCUT2D eigenvalue weighted by atomic mass is 32.2. The number of nitrogens with one attached hydrogen (secondary N) is 2. The maximum Gasteiger partial charge on any atom is 0.324 e. The lowest BCUT2D eigenvalue weighted by Crippen LogP contribution is -2.44. The van der Waals surface area contributed by atoms with E-state index in [1.807, 2.05) is 6.07 Å². The highest BCUT2D eigenvalue weighted by Crippen LogP contribution is 2.57. The Labute approximate surface area is 220 Å². The van der Waals surface area contributed by atoms with Gasteiger partial charge in [-0.05, 0) is 44.7 Å². The zero-order chi connectivity index (χ0) is 26.5. The Bertz CT molecular complexity index is 1460. The number of sulfone groups is 1. The summed E-state index contributed by atoms with van der Waals surface area (Å²) in [5, 5.41) is 9.14. The summed E-state index contributed by atoms with van der Waals surface area (Å²) in [6.07, 6.45) is 7.42. The van der Waals surface area contributed by atoms with Gasteiger partial charge < -0.3 is 15.0 Å². The lowest BCUT2D eigenvalue weighted by Gasteiger charge is -2.34. The van der Waals surface area contributed by atoms with E-state index in [2.05, 4.69) is 32.5 Å². The fourth-order valence-electron chi connectivity index (χ4n) is 4.87. The number of morpholine rings is 1. The first-order valence-electron chi connectivity index (χ1n) is 12.8. The summed E-state index contributed by atoms with van der Waals surface area (Å²) in [5.74, 6) is 1.45. The van der Waals surface area contributed by atoms with Crippen molar-refractivity contribution in [1.29, 1.82) is 0 Å². The highest BCUT2D eigenvalue weighted by molar-refractivity contribution is 7.93. The molecule has 0 bridgehead atoms. The summed E-state index contributed by atoms with van der Waals surface area (Å²) in [6, 6.07) is 4.94. The Balaban J connectivity index is 1.30. The van der Waals surface area contributed by atoms with Crippen LogP contribution in [-0.2, 0) is 26.4 Å². The van der Waals surface area contributed by atoms with Crippen LogP contribution in [0.15, 0.2) is 36.8 Å². The van der Waals surface area contributed by atoms with Crippen LogP contribution in [-0.4, -0.2) is 70.2 Å². The van der Waals surface area contributed by atoms with Gasteiger partial charge in [-0.2, -0.15) is 5.10 Å². The molecule has 3 aromatic rings. The number of hydrogen-bond donors (Lipinski definition) is 2. The van der Waals surface area contributed by atoms with Gasteiger partial charge in [-0.1, -0.05) is 0 Å². The van der Waals surface area contributed by atoms with Crippen LogP contribution in [0.25, 0.3) is 11.4 Å². The molecule has 6 rings (SSSR count). The molecular formula is C25H30N8O4S. The molecule has 3 aliphatic rings. The van der Waals surface area contributed by atoms with Crippen molar-refractivity contribution in [2.75, 3.05) is 35.3 Å². The van der Waals surface area contributed by atoms with E-state index in [-0.39, 0.29) is 11.3 Å². The molecule has 1 aliphatic heterocycles. The van der Waals surface area contributed by atoms with Crippen LogP contribution in [0.2, 0.25) is 0 Å². The Hall–Kier alpha value is -3.58. The Morgan fingerprint density at radius 1 is 1.16 bits per heavy atom. The number of aromatic nitrogens is 5. The summed E-state index contributed by atoms with van der Waals surface area (Å²) in [4.78, 5) is 28.4. The molecule has 0 radical (unpaired) electrons. The SMILES string of the molecule is C[C@H]1COCCN1c1cc(C2(S(=O)(=O)C3CC3)CC2)nc(-c2ccc(NC(=O)Nc3cnn(C)c3)nc2)n1. The van der Waals surface area contributed by atoms with Gasteiger partial charge in [-0.15, -0.1) is 0 Å². The predicted octanol–water partition coefficient (Wildman–Crippen LogP) is 2.71. The molecule has 12 nitrogen and oxygen atoms in total. The number of aryl methyl sites for hydroxylation is 1. The number of carbonyl (C=O) groups excluding carboxylic acids is 1. The van der Waals surface area contributed by atoms with E-state index in [0.717, 1.165) is 12.8 Å². The topological polar surface area (TPSA) is 144 Å². The first-order valence-corrected chi connectivity index (χ1v) is 14.3. The number of ether oxygens (including phenoxy) is 1. The van der Waals surface area contributed by atoms with E-state index in [1.165, 1.54) is 0 Å². The fourth-order valence-corrected chi connectivity index (χ4v) is 7.34. The van der Waals surface area contributed by atoms with Crippen LogP contribution in [0.5, 0.6) is 0 Å². The van der Waals surface area contributed by atoms with E-state index >= 15 is 0 Å². The average Bonchev–Trinajstić information content (AvgIpc) is 3.82. The number of rotatable bonds is 7. The average molecular weight is 539 g/mol. The van der Waals surface area contributed by atoms with Crippen molar-refractivity contribution in [3.63, 3.8) is 0 Å². The van der Waals surface area contributed by atoms with Gasteiger partial charge in [0.15, 0.2) is 15.7 Å². The van der Waals surface area contributed by atoms with Crippen molar-refractivity contribution in [3.8, 4) is 11.4 Å². The van der Waals surface area contributed by atoms with Gasteiger partial charge in [0.05, 0.1) is 42.1 Å². The number of carbonyl (C=O) groups is 1. The molecule has 2 saturated carbocycles. The molecule has 13 heteroatoms. The van der Waals surface area contributed by atoms with Crippen LogP contribution >= 0.6 is 0 Å². The minimum atomic E-state index is -3.32. The first kappa shape index (κ1) is 24.7. The Morgan fingerprint density at radius 3 is 2.61 bits per heavy atom. The van der Waals surface area contributed by atoms with E-state index in [4.69, 9.17) is 14.7 Å². The van der Waals surface area contributed by atoms with Gasteiger partial charge in [0.2, 0.25) is 0 Å². The van der Waals surface area contributed by atoms with Gasteiger partial charge in [-0.25, -0.2) is 28.2 Å². The van der Waals surface area contributed by atoms with Crippen molar-refractivity contribution in [2.24, 2.45) is 7.05 Å². The van der Waals surface area contributed by atoms with Gasteiger partial charge in [0.25, 0.3) is 0 Å². The number of nitrogens with zero attached hydrogens (tertiary/aromatic N) is 6. The molecule has 0 spiro atoms. The maximum absolute atomic E-state index is 13.4. The minimum Gasteiger partial charge on any atom is -0.377 e. The van der Waals surface area contributed by atoms with Crippen LogP contribution in [0, 0.1) is 0 Å². The van der Waals surface area contributed by atoms with Crippen LogP contribution in [0.3, 0.4) is 0 Å². The third-order valence-electron chi connectivity index (χ3n) is 7.28. The number of hydrogen-bond acceptors (Lipinski definition) is 9. The number of anilines is 3. The lowest BCUT2D eigenvalue weighted by molar-refractivity contribution is 0.0985. The summed E-state index contributed by atoms with van der Waals surface area (Å²) in [6.45, 7) is 3.87. The van der Waals surface area contributed by atoms with Gasteiger partial charge >= 0.3 is 6.03 Å². The Kier molecular flexibility index (Phi) is 6.06. The maximum atomic E-state index is 13.4.